The Morgan fingerprint density at radius 3 is 2.42 bits per heavy atom. The number of rotatable bonds is 5. The van der Waals surface area contributed by atoms with Crippen molar-refractivity contribution in [2.75, 3.05) is 6.54 Å². The van der Waals surface area contributed by atoms with E-state index in [9.17, 15) is 10.1 Å². The molecule has 0 unspecified atom stereocenters. The second kappa shape index (κ2) is 7.81. The molecule has 0 spiro atoms. The third-order valence-electron chi connectivity index (χ3n) is 4.80. The minimum absolute atomic E-state index is 0.0278. The van der Waals surface area contributed by atoms with Crippen LogP contribution in [0.5, 0.6) is 0 Å². The van der Waals surface area contributed by atoms with Gasteiger partial charge in [-0.15, -0.1) is 0 Å². The van der Waals surface area contributed by atoms with Crippen LogP contribution in [-0.4, -0.2) is 17.7 Å². The highest BCUT2D eigenvalue weighted by Gasteiger charge is 2.31. The van der Waals surface area contributed by atoms with Crippen LogP contribution in [0, 0.1) is 10.1 Å². The van der Waals surface area contributed by atoms with E-state index < -0.39 is 0 Å². The van der Waals surface area contributed by atoms with Crippen LogP contribution in [0.25, 0.3) is 6.08 Å². The van der Waals surface area contributed by atoms with E-state index in [-0.39, 0.29) is 22.9 Å². The molecule has 0 radical (unpaired) electrons. The zero-order valence-electron chi connectivity index (χ0n) is 15.4. The first kappa shape index (κ1) is 18.3. The first-order valence-corrected chi connectivity index (χ1v) is 8.95. The van der Waals surface area contributed by atoms with Gasteiger partial charge in [0.1, 0.15) is 12.6 Å². The average Bonchev–Trinajstić information content (AvgIpc) is 3.12. The van der Waals surface area contributed by atoms with Crippen LogP contribution in [0.15, 0.2) is 54.1 Å². The Hall–Kier alpha value is -2.50. The Morgan fingerprint density at radius 2 is 1.85 bits per heavy atom. The minimum atomic E-state index is -0.383. The van der Waals surface area contributed by atoms with Crippen molar-refractivity contribution in [3.8, 4) is 0 Å². The lowest BCUT2D eigenvalue weighted by Crippen LogP contribution is -2.87. The fourth-order valence-electron chi connectivity index (χ4n) is 3.18. The molecule has 1 fully saturated rings. The molecule has 2 aromatic rings. The lowest BCUT2D eigenvalue weighted by molar-refractivity contribution is -0.681. The maximum Gasteiger partial charge on any atom is 0.269 e. The van der Waals surface area contributed by atoms with Gasteiger partial charge in [-0.3, -0.25) is 10.1 Å². The second-order valence-electron chi connectivity index (χ2n) is 7.08. The molecule has 0 aliphatic carbocycles. The molecule has 1 saturated heterocycles. The first-order valence-electron chi connectivity index (χ1n) is 8.95. The second-order valence-corrected chi connectivity index (χ2v) is 7.08. The van der Waals surface area contributed by atoms with E-state index >= 15 is 0 Å². The van der Waals surface area contributed by atoms with Gasteiger partial charge in [-0.05, 0) is 47.7 Å². The minimum Gasteiger partial charge on any atom is -0.315 e. The third-order valence-corrected chi connectivity index (χ3v) is 4.80. The Labute approximate surface area is 153 Å². The van der Waals surface area contributed by atoms with Gasteiger partial charge in [-0.25, -0.2) is 0 Å². The number of non-ortho nitro benzene ring substituents is 1. The van der Waals surface area contributed by atoms with Crippen molar-refractivity contribution < 1.29 is 15.0 Å². The van der Waals surface area contributed by atoms with Crippen LogP contribution in [0.4, 0.5) is 5.69 Å². The molecule has 5 heteroatoms. The van der Waals surface area contributed by atoms with Crippen LogP contribution >= 0.6 is 0 Å². The summed E-state index contributed by atoms with van der Waals surface area (Å²) < 4.78 is 6.15. The number of nitro groups is 1. The van der Waals surface area contributed by atoms with Crippen molar-refractivity contribution in [1.82, 2.24) is 0 Å². The lowest BCUT2D eigenvalue weighted by Gasteiger charge is -2.11. The SMILES string of the molecule is C/C(=C\c1ccc(C(C)C)cc1)[C@H]1[NH2+]C[C@H](c2ccc([N+](=O)[O-])cc2)O1. The number of hydrogen-bond acceptors (Lipinski definition) is 3. The molecule has 3 rings (SSSR count). The summed E-state index contributed by atoms with van der Waals surface area (Å²) in [5.74, 6) is 0.531. The third kappa shape index (κ3) is 4.18. The quantitative estimate of drug-likeness (QED) is 0.657. The van der Waals surface area contributed by atoms with Crippen LogP contribution in [0.2, 0.25) is 0 Å². The van der Waals surface area contributed by atoms with E-state index in [0.717, 1.165) is 17.7 Å². The zero-order valence-corrected chi connectivity index (χ0v) is 15.4. The Balaban J connectivity index is 1.66. The van der Waals surface area contributed by atoms with Crippen LogP contribution in [-0.2, 0) is 4.74 Å². The molecule has 0 amide bonds. The molecule has 136 valence electrons. The van der Waals surface area contributed by atoms with Gasteiger partial charge >= 0.3 is 0 Å². The molecule has 2 atom stereocenters. The smallest absolute Gasteiger partial charge is 0.269 e. The standard InChI is InChI=1S/C21H24N2O3/c1-14(2)17-6-4-16(5-7-17)12-15(3)21-22-13-20(26-21)18-8-10-19(11-9-18)23(24)25/h4-12,14,20-22H,13H2,1-3H3/p+1/b15-12+/t20-,21+/m1/s1. The van der Waals surface area contributed by atoms with Gasteiger partial charge in [0, 0.05) is 17.7 Å². The number of hydrogen-bond donors (Lipinski definition) is 1. The van der Waals surface area contributed by atoms with Crippen molar-refractivity contribution in [2.45, 2.75) is 39.0 Å². The first-order chi connectivity index (χ1) is 12.4. The van der Waals surface area contributed by atoms with Gasteiger partial charge in [-0.1, -0.05) is 38.1 Å². The molecule has 0 saturated carbocycles. The summed E-state index contributed by atoms with van der Waals surface area (Å²) in [6.45, 7) is 7.27. The maximum atomic E-state index is 10.8. The Bertz CT molecular complexity index is 795. The van der Waals surface area contributed by atoms with Crippen molar-refractivity contribution in [2.24, 2.45) is 0 Å². The van der Waals surface area contributed by atoms with Gasteiger partial charge in [0.15, 0.2) is 0 Å². The van der Waals surface area contributed by atoms with Crippen LogP contribution in [0.3, 0.4) is 0 Å². The van der Waals surface area contributed by atoms with Gasteiger partial charge in [-0.2, -0.15) is 0 Å². The van der Waals surface area contributed by atoms with Gasteiger partial charge in [0.2, 0.25) is 6.23 Å². The molecule has 0 aromatic heterocycles. The summed E-state index contributed by atoms with van der Waals surface area (Å²) in [6, 6.07) is 15.2. The Kier molecular flexibility index (Phi) is 5.49. The fraction of sp³-hybridized carbons (Fsp3) is 0.333. The van der Waals surface area contributed by atoms with Crippen LogP contribution < -0.4 is 5.32 Å². The number of nitrogens with two attached hydrogens (primary N) is 1. The van der Waals surface area contributed by atoms with E-state index in [1.165, 1.54) is 23.3 Å². The molecular formula is C21H25N2O3+. The van der Waals surface area contributed by atoms with Crippen molar-refractivity contribution >= 4 is 11.8 Å². The van der Waals surface area contributed by atoms with E-state index in [0.29, 0.717) is 5.92 Å². The Morgan fingerprint density at radius 1 is 1.19 bits per heavy atom. The molecular weight excluding hydrogens is 328 g/mol. The summed E-state index contributed by atoms with van der Waals surface area (Å²) in [4.78, 5) is 10.4. The zero-order chi connectivity index (χ0) is 18.7. The predicted molar refractivity (Wildman–Crippen MR) is 102 cm³/mol. The maximum absolute atomic E-state index is 10.8. The van der Waals surface area contributed by atoms with E-state index in [1.807, 2.05) is 0 Å². The summed E-state index contributed by atoms with van der Waals surface area (Å²) in [5.41, 5.74) is 4.74. The van der Waals surface area contributed by atoms with Crippen LogP contribution in [0.1, 0.15) is 49.5 Å². The molecule has 5 nitrogen and oxygen atoms in total. The summed E-state index contributed by atoms with van der Waals surface area (Å²) in [5, 5.41) is 12.9. The van der Waals surface area contributed by atoms with E-state index in [1.54, 1.807) is 12.1 Å². The summed E-state index contributed by atoms with van der Waals surface area (Å²) >= 11 is 0. The summed E-state index contributed by atoms with van der Waals surface area (Å²) in [6.07, 6.45) is 2.08. The topological polar surface area (TPSA) is 69.0 Å². The molecule has 26 heavy (non-hydrogen) atoms. The van der Waals surface area contributed by atoms with Gasteiger partial charge < -0.3 is 10.1 Å². The number of nitrogens with zero attached hydrogens (tertiary/aromatic N) is 1. The van der Waals surface area contributed by atoms with Crippen molar-refractivity contribution in [3.05, 3.63) is 80.9 Å². The normalized spacial score (nSPS) is 20.5. The molecule has 1 heterocycles. The largest absolute Gasteiger partial charge is 0.315 e. The fourth-order valence-corrected chi connectivity index (χ4v) is 3.18. The highest BCUT2D eigenvalue weighted by Crippen LogP contribution is 2.25. The molecule has 1 aliphatic rings. The number of benzene rings is 2. The monoisotopic (exact) mass is 353 g/mol. The predicted octanol–water partition coefficient (Wildman–Crippen LogP) is 3.78. The number of ether oxygens (including phenoxy) is 1. The van der Waals surface area contributed by atoms with Gasteiger partial charge in [0.25, 0.3) is 5.69 Å². The number of nitro benzene ring substituents is 1. The molecule has 2 aromatic carbocycles. The highest BCUT2D eigenvalue weighted by molar-refractivity contribution is 5.53. The van der Waals surface area contributed by atoms with Gasteiger partial charge in [0.05, 0.1) is 4.92 Å². The highest BCUT2D eigenvalue weighted by atomic mass is 16.6. The molecule has 2 N–H and O–H groups in total. The number of quaternary nitrogens is 1. The molecule has 0 bridgehead atoms. The van der Waals surface area contributed by atoms with E-state index in [4.69, 9.17) is 4.74 Å². The summed E-state index contributed by atoms with van der Waals surface area (Å²) in [7, 11) is 0. The molecule has 1 aliphatic heterocycles. The average molecular weight is 353 g/mol. The van der Waals surface area contributed by atoms with Crippen molar-refractivity contribution in [1.29, 1.82) is 0 Å². The lowest BCUT2D eigenvalue weighted by atomic mass is 10.0. The van der Waals surface area contributed by atoms with Crippen molar-refractivity contribution in [3.63, 3.8) is 0 Å². The van der Waals surface area contributed by atoms with E-state index in [2.05, 4.69) is 56.4 Å².